The summed E-state index contributed by atoms with van der Waals surface area (Å²) in [6.07, 6.45) is 1.49. The minimum absolute atomic E-state index is 0.108. The first-order valence-corrected chi connectivity index (χ1v) is 9.59. The number of nitrogens with zero attached hydrogens (tertiary/aromatic N) is 2. The summed E-state index contributed by atoms with van der Waals surface area (Å²) in [5.74, 6) is -0.108. The van der Waals surface area contributed by atoms with Crippen LogP contribution >= 0.6 is 35.0 Å². The average Bonchev–Trinajstić information content (AvgIpc) is 2.61. The molecule has 0 spiro atoms. The molecule has 2 aromatic carbocycles. The van der Waals surface area contributed by atoms with Crippen LogP contribution in [0, 0.1) is 0 Å². The highest BCUT2D eigenvalue weighted by molar-refractivity contribution is 8.13. The topological polar surface area (TPSA) is 56.7 Å². The highest BCUT2D eigenvalue weighted by Crippen LogP contribution is 2.44. The summed E-state index contributed by atoms with van der Waals surface area (Å²) >= 11 is 13.8. The van der Waals surface area contributed by atoms with Crippen molar-refractivity contribution in [1.82, 2.24) is 10.3 Å². The maximum atomic E-state index is 12.7. The highest BCUT2D eigenvalue weighted by atomic mass is 35.5. The number of hydrogen-bond donors (Lipinski definition) is 2. The van der Waals surface area contributed by atoms with E-state index in [0.717, 1.165) is 16.8 Å². The van der Waals surface area contributed by atoms with Crippen molar-refractivity contribution >= 4 is 51.7 Å². The third-order valence-corrected chi connectivity index (χ3v) is 5.34. The Morgan fingerprint density at radius 1 is 1.16 bits per heavy atom. The molecular formula is C17H14Cl2N4OS. The number of carbonyl (C=O) groups is 1. The molecular weight excluding hydrogens is 379 g/mol. The summed E-state index contributed by atoms with van der Waals surface area (Å²) in [5.41, 5.74) is 2.58. The second-order valence-corrected chi connectivity index (χ2v) is 7.32. The molecule has 5 nitrogen and oxygen atoms in total. The van der Waals surface area contributed by atoms with Crippen molar-refractivity contribution in [1.29, 1.82) is 0 Å². The second-order valence-electron chi connectivity index (χ2n) is 5.68. The van der Waals surface area contributed by atoms with E-state index in [9.17, 15) is 4.79 Å². The second kappa shape index (κ2) is 6.44. The van der Waals surface area contributed by atoms with Crippen LogP contribution in [0.15, 0.2) is 47.6 Å². The van der Waals surface area contributed by atoms with E-state index in [0.29, 0.717) is 15.2 Å². The van der Waals surface area contributed by atoms with E-state index in [4.69, 9.17) is 23.2 Å². The molecule has 0 saturated carbocycles. The predicted molar refractivity (Wildman–Crippen MR) is 103 cm³/mol. The molecule has 0 unspecified atom stereocenters. The zero-order valence-electron chi connectivity index (χ0n) is 13.2. The van der Waals surface area contributed by atoms with Crippen LogP contribution in [0.3, 0.4) is 0 Å². The molecule has 2 aliphatic rings. The minimum atomic E-state index is -0.523. The van der Waals surface area contributed by atoms with E-state index in [1.54, 1.807) is 17.1 Å². The normalized spacial score (nSPS) is 21.6. The van der Waals surface area contributed by atoms with Crippen LogP contribution in [0.25, 0.3) is 0 Å². The number of thioether (sulfide) groups is 1. The Bertz CT molecular complexity index is 889. The number of halogens is 2. The summed E-state index contributed by atoms with van der Waals surface area (Å²) in [7, 11) is 0. The van der Waals surface area contributed by atoms with Crippen molar-refractivity contribution in [3.8, 4) is 0 Å². The summed E-state index contributed by atoms with van der Waals surface area (Å²) in [6.45, 7) is 0. The highest BCUT2D eigenvalue weighted by Gasteiger charge is 2.42. The fourth-order valence-corrected chi connectivity index (χ4v) is 3.98. The lowest BCUT2D eigenvalue weighted by Gasteiger charge is -2.43. The lowest BCUT2D eigenvalue weighted by molar-refractivity contribution is -0.127. The minimum Gasteiger partial charge on any atom is -0.360 e. The van der Waals surface area contributed by atoms with Gasteiger partial charge in [0.05, 0.1) is 0 Å². The Morgan fingerprint density at radius 2 is 1.96 bits per heavy atom. The zero-order chi connectivity index (χ0) is 17.6. The van der Waals surface area contributed by atoms with E-state index >= 15 is 0 Å². The molecule has 2 atom stereocenters. The Kier molecular flexibility index (Phi) is 4.27. The van der Waals surface area contributed by atoms with Crippen molar-refractivity contribution in [3.63, 3.8) is 0 Å². The Morgan fingerprint density at radius 3 is 2.72 bits per heavy atom. The third kappa shape index (κ3) is 2.84. The number of para-hydroxylation sites is 1. The zero-order valence-corrected chi connectivity index (χ0v) is 15.5. The number of amidine groups is 1. The van der Waals surface area contributed by atoms with Crippen LogP contribution in [0.2, 0.25) is 10.0 Å². The van der Waals surface area contributed by atoms with Crippen molar-refractivity contribution in [3.05, 3.63) is 63.6 Å². The van der Waals surface area contributed by atoms with Gasteiger partial charge in [-0.25, -0.2) is 0 Å². The number of amides is 1. The SMILES string of the molecule is CSC1=NN2[C@H](c3ccc(Cl)cc3Cl)Nc3ccccc3[C@@H]2C(=O)N1. The van der Waals surface area contributed by atoms with E-state index in [1.165, 1.54) is 11.8 Å². The first-order valence-electron chi connectivity index (χ1n) is 7.60. The molecule has 0 radical (unpaired) electrons. The van der Waals surface area contributed by atoms with Crippen LogP contribution in [0.4, 0.5) is 5.69 Å². The van der Waals surface area contributed by atoms with E-state index < -0.39 is 6.04 Å². The molecule has 25 heavy (non-hydrogen) atoms. The van der Waals surface area contributed by atoms with Gasteiger partial charge in [0.15, 0.2) is 11.2 Å². The molecule has 2 aliphatic heterocycles. The van der Waals surface area contributed by atoms with Gasteiger partial charge in [0.1, 0.15) is 6.17 Å². The van der Waals surface area contributed by atoms with E-state index in [-0.39, 0.29) is 12.1 Å². The van der Waals surface area contributed by atoms with Gasteiger partial charge in [0, 0.05) is 26.9 Å². The molecule has 0 bridgehead atoms. The predicted octanol–water partition coefficient (Wildman–Crippen LogP) is 4.22. The van der Waals surface area contributed by atoms with Gasteiger partial charge in [-0.2, -0.15) is 0 Å². The van der Waals surface area contributed by atoms with Gasteiger partial charge in [-0.1, -0.05) is 59.2 Å². The van der Waals surface area contributed by atoms with Gasteiger partial charge in [0.25, 0.3) is 5.91 Å². The van der Waals surface area contributed by atoms with Crippen LogP contribution in [0.5, 0.6) is 0 Å². The summed E-state index contributed by atoms with van der Waals surface area (Å²) in [4.78, 5) is 12.7. The molecule has 1 amide bonds. The summed E-state index contributed by atoms with van der Waals surface area (Å²) in [6, 6.07) is 12.5. The van der Waals surface area contributed by atoms with Crippen LogP contribution in [0.1, 0.15) is 23.3 Å². The smallest absolute Gasteiger partial charge is 0.255 e. The monoisotopic (exact) mass is 392 g/mol. The number of benzene rings is 2. The number of hydrazone groups is 1. The van der Waals surface area contributed by atoms with E-state index in [2.05, 4.69) is 15.7 Å². The molecule has 2 N–H and O–H groups in total. The van der Waals surface area contributed by atoms with Crippen molar-refractivity contribution in [2.75, 3.05) is 11.6 Å². The Hall–Kier alpha value is -1.89. The lowest BCUT2D eigenvalue weighted by atomic mass is 9.97. The maximum absolute atomic E-state index is 12.7. The van der Waals surface area contributed by atoms with Gasteiger partial charge in [-0.3, -0.25) is 9.80 Å². The van der Waals surface area contributed by atoms with Gasteiger partial charge in [-0.15, -0.1) is 5.10 Å². The van der Waals surface area contributed by atoms with Crippen LogP contribution in [-0.4, -0.2) is 22.3 Å². The molecule has 4 rings (SSSR count). The fourth-order valence-electron chi connectivity index (χ4n) is 3.09. The van der Waals surface area contributed by atoms with Gasteiger partial charge < -0.3 is 10.6 Å². The molecule has 0 fully saturated rings. The average molecular weight is 393 g/mol. The van der Waals surface area contributed by atoms with Crippen LogP contribution < -0.4 is 10.6 Å². The quantitative estimate of drug-likeness (QED) is 0.762. The van der Waals surface area contributed by atoms with Crippen LogP contribution in [-0.2, 0) is 4.79 Å². The standard InChI is InChI=1S/C17H14Cl2N4OS/c1-25-17-21-16(24)14-11-4-2-3-5-13(11)20-15(23(14)22-17)10-7-6-9(18)8-12(10)19/h2-8,14-15,20H,1H3,(H,21,22,24)/t14-,15-/m1/s1. The maximum Gasteiger partial charge on any atom is 0.255 e. The number of fused-ring (bicyclic) bond motifs is 3. The Balaban J connectivity index is 1.88. The first kappa shape index (κ1) is 16.6. The van der Waals surface area contributed by atoms with E-state index in [1.807, 2.05) is 36.6 Å². The molecule has 0 aliphatic carbocycles. The molecule has 8 heteroatoms. The van der Waals surface area contributed by atoms with Crippen molar-refractivity contribution in [2.45, 2.75) is 12.2 Å². The molecule has 128 valence electrons. The largest absolute Gasteiger partial charge is 0.360 e. The van der Waals surface area contributed by atoms with Gasteiger partial charge in [0.2, 0.25) is 0 Å². The molecule has 2 aromatic rings. The molecule has 0 saturated heterocycles. The summed E-state index contributed by atoms with van der Waals surface area (Å²) in [5, 5.41) is 14.3. The summed E-state index contributed by atoms with van der Waals surface area (Å²) < 4.78 is 0. The molecule has 0 aromatic heterocycles. The number of rotatable bonds is 1. The number of carbonyl (C=O) groups excluding carboxylic acids is 1. The fraction of sp³-hybridized carbons (Fsp3) is 0.176. The van der Waals surface area contributed by atoms with Crippen molar-refractivity contribution < 1.29 is 4.79 Å². The third-order valence-electron chi connectivity index (χ3n) is 4.21. The lowest BCUT2D eigenvalue weighted by Crippen LogP contribution is -2.50. The Labute approximate surface area is 159 Å². The van der Waals surface area contributed by atoms with Crippen molar-refractivity contribution in [2.24, 2.45) is 5.10 Å². The molecule has 2 heterocycles. The van der Waals surface area contributed by atoms with Gasteiger partial charge in [-0.05, 0) is 24.5 Å². The first-order chi connectivity index (χ1) is 12.1. The van der Waals surface area contributed by atoms with Gasteiger partial charge >= 0.3 is 0 Å². The number of nitrogens with one attached hydrogen (secondary N) is 2. The number of hydrogen-bond acceptors (Lipinski definition) is 5. The number of anilines is 1.